The smallest absolute Gasteiger partial charge is 0.258 e. The molecule has 0 aromatic heterocycles. The van der Waals surface area contributed by atoms with Gasteiger partial charge in [-0.05, 0) is 55.6 Å². The maximum absolute atomic E-state index is 13.1. The van der Waals surface area contributed by atoms with E-state index in [0.29, 0.717) is 28.1 Å². The van der Waals surface area contributed by atoms with Gasteiger partial charge < -0.3 is 20.4 Å². The summed E-state index contributed by atoms with van der Waals surface area (Å²) in [7, 11) is 7.50. The van der Waals surface area contributed by atoms with Gasteiger partial charge in [0.25, 0.3) is 11.8 Å². The van der Waals surface area contributed by atoms with E-state index in [1.165, 1.54) is 10.5 Å². The summed E-state index contributed by atoms with van der Waals surface area (Å²) in [4.78, 5) is 29.3. The number of nitrogens with one attached hydrogen (secondary N) is 2. The van der Waals surface area contributed by atoms with Crippen LogP contribution < -0.4 is 10.6 Å². The van der Waals surface area contributed by atoms with Crippen molar-refractivity contribution in [3.05, 3.63) is 95.1 Å². The third kappa shape index (κ3) is 4.81. The SMILES string of the molecule is CN(C)Cc1ccc(N/C(=C2\C(=O)Nc3ccc(C(=O)N(C)C)cc32)c2ccccc2)cc1. The van der Waals surface area contributed by atoms with Crippen LogP contribution in [0.25, 0.3) is 11.3 Å². The highest BCUT2D eigenvalue weighted by Gasteiger charge is 2.29. The van der Waals surface area contributed by atoms with Crippen LogP contribution in [0.2, 0.25) is 0 Å². The van der Waals surface area contributed by atoms with E-state index in [1.807, 2.05) is 56.6 Å². The van der Waals surface area contributed by atoms with Crippen LogP contribution in [-0.4, -0.2) is 49.8 Å². The molecular formula is C27H28N4O2. The summed E-state index contributed by atoms with van der Waals surface area (Å²) >= 11 is 0. The number of benzene rings is 3. The first-order valence-corrected chi connectivity index (χ1v) is 10.8. The summed E-state index contributed by atoms with van der Waals surface area (Å²) in [5, 5.41) is 6.41. The molecule has 0 spiro atoms. The van der Waals surface area contributed by atoms with E-state index in [0.717, 1.165) is 17.8 Å². The van der Waals surface area contributed by atoms with Crippen molar-refractivity contribution in [3.63, 3.8) is 0 Å². The molecule has 0 saturated heterocycles. The quantitative estimate of drug-likeness (QED) is 0.559. The number of rotatable bonds is 6. The topological polar surface area (TPSA) is 64.7 Å². The van der Waals surface area contributed by atoms with Crippen molar-refractivity contribution >= 4 is 34.5 Å². The molecule has 1 aliphatic heterocycles. The van der Waals surface area contributed by atoms with Crippen LogP contribution in [0.5, 0.6) is 0 Å². The molecule has 0 atom stereocenters. The highest BCUT2D eigenvalue weighted by Crippen LogP contribution is 2.38. The van der Waals surface area contributed by atoms with Crippen LogP contribution in [0.1, 0.15) is 27.0 Å². The molecule has 3 aromatic carbocycles. The molecule has 33 heavy (non-hydrogen) atoms. The van der Waals surface area contributed by atoms with Gasteiger partial charge in [0.15, 0.2) is 0 Å². The number of fused-ring (bicyclic) bond motifs is 1. The minimum absolute atomic E-state index is 0.109. The average molecular weight is 441 g/mol. The zero-order valence-electron chi connectivity index (χ0n) is 19.3. The molecule has 0 saturated carbocycles. The van der Waals surface area contributed by atoms with Crippen LogP contribution in [0.15, 0.2) is 72.8 Å². The van der Waals surface area contributed by atoms with E-state index < -0.39 is 0 Å². The van der Waals surface area contributed by atoms with Gasteiger partial charge in [-0.15, -0.1) is 0 Å². The van der Waals surface area contributed by atoms with Crippen LogP contribution in [0.3, 0.4) is 0 Å². The second kappa shape index (κ2) is 9.30. The lowest BCUT2D eigenvalue weighted by Crippen LogP contribution is -2.21. The molecule has 3 aromatic rings. The Labute approximate surface area is 194 Å². The molecule has 4 rings (SSSR count). The molecule has 0 radical (unpaired) electrons. The summed E-state index contributed by atoms with van der Waals surface area (Å²) in [5.41, 5.74) is 6.13. The highest BCUT2D eigenvalue weighted by atomic mass is 16.2. The van der Waals surface area contributed by atoms with Crippen molar-refractivity contribution in [3.8, 4) is 0 Å². The Morgan fingerprint density at radius 2 is 1.58 bits per heavy atom. The Morgan fingerprint density at radius 1 is 0.879 bits per heavy atom. The average Bonchev–Trinajstić information content (AvgIpc) is 3.13. The van der Waals surface area contributed by atoms with Gasteiger partial charge >= 0.3 is 0 Å². The number of carbonyl (C=O) groups is 2. The first-order valence-electron chi connectivity index (χ1n) is 10.8. The summed E-state index contributed by atoms with van der Waals surface area (Å²) in [6, 6.07) is 23.3. The van der Waals surface area contributed by atoms with E-state index in [4.69, 9.17) is 0 Å². The Morgan fingerprint density at radius 3 is 2.21 bits per heavy atom. The normalized spacial score (nSPS) is 14.0. The Hall–Kier alpha value is -3.90. The van der Waals surface area contributed by atoms with Crippen LogP contribution >= 0.6 is 0 Å². The lowest BCUT2D eigenvalue weighted by atomic mass is 9.98. The fraction of sp³-hybridized carbons (Fsp3) is 0.185. The number of nitrogens with zero attached hydrogens (tertiary/aromatic N) is 2. The second-order valence-electron chi connectivity index (χ2n) is 8.59. The first-order chi connectivity index (χ1) is 15.8. The molecule has 168 valence electrons. The minimum atomic E-state index is -0.199. The largest absolute Gasteiger partial charge is 0.354 e. The molecule has 1 heterocycles. The predicted octanol–water partition coefficient (Wildman–Crippen LogP) is 4.38. The van der Waals surface area contributed by atoms with Gasteiger partial charge in [0.05, 0.1) is 11.3 Å². The van der Waals surface area contributed by atoms with Gasteiger partial charge in [-0.25, -0.2) is 0 Å². The molecular weight excluding hydrogens is 412 g/mol. The van der Waals surface area contributed by atoms with E-state index in [2.05, 4.69) is 27.7 Å². The van der Waals surface area contributed by atoms with Crippen LogP contribution in [-0.2, 0) is 11.3 Å². The first kappa shape index (κ1) is 22.3. The maximum Gasteiger partial charge on any atom is 0.258 e. The van der Waals surface area contributed by atoms with Gasteiger partial charge in [-0.2, -0.15) is 0 Å². The van der Waals surface area contributed by atoms with E-state index >= 15 is 0 Å². The van der Waals surface area contributed by atoms with Gasteiger partial charge in [-0.3, -0.25) is 9.59 Å². The zero-order valence-corrected chi connectivity index (χ0v) is 19.3. The molecule has 0 bridgehead atoms. The standard InChI is InChI=1S/C27H28N4O2/c1-30(2)17-18-10-13-21(14-11-18)28-25(19-8-6-5-7-9-19)24-22-16-20(27(33)31(3)4)12-15-23(22)29-26(24)32/h5-16,28H,17H2,1-4H3,(H,29,32)/b25-24-. The Kier molecular flexibility index (Phi) is 6.29. The molecule has 2 amide bonds. The monoisotopic (exact) mass is 440 g/mol. The lowest BCUT2D eigenvalue weighted by molar-refractivity contribution is -0.110. The predicted molar refractivity (Wildman–Crippen MR) is 134 cm³/mol. The lowest BCUT2D eigenvalue weighted by Gasteiger charge is -2.16. The zero-order chi connectivity index (χ0) is 23.5. The second-order valence-corrected chi connectivity index (χ2v) is 8.59. The third-order valence-corrected chi connectivity index (χ3v) is 5.45. The van der Waals surface area contributed by atoms with Crippen LogP contribution in [0.4, 0.5) is 11.4 Å². The fourth-order valence-corrected chi connectivity index (χ4v) is 3.89. The fourth-order valence-electron chi connectivity index (χ4n) is 3.89. The van der Waals surface area contributed by atoms with Gasteiger partial charge in [0, 0.05) is 43.1 Å². The number of hydrogen-bond donors (Lipinski definition) is 2. The van der Waals surface area contributed by atoms with Crippen molar-refractivity contribution in [2.45, 2.75) is 6.54 Å². The van der Waals surface area contributed by atoms with Gasteiger partial charge in [-0.1, -0.05) is 42.5 Å². The highest BCUT2D eigenvalue weighted by molar-refractivity contribution is 6.37. The maximum atomic E-state index is 13.1. The minimum Gasteiger partial charge on any atom is -0.354 e. The molecule has 0 unspecified atom stereocenters. The van der Waals surface area contributed by atoms with E-state index in [-0.39, 0.29) is 11.8 Å². The summed E-state index contributed by atoms with van der Waals surface area (Å²) in [5.74, 6) is -0.308. The summed E-state index contributed by atoms with van der Waals surface area (Å²) in [6.45, 7) is 0.853. The van der Waals surface area contributed by atoms with E-state index in [9.17, 15) is 9.59 Å². The molecule has 1 aliphatic rings. The van der Waals surface area contributed by atoms with Crippen molar-refractivity contribution in [1.82, 2.24) is 9.80 Å². The van der Waals surface area contributed by atoms with Crippen LogP contribution in [0, 0.1) is 0 Å². The number of carbonyl (C=O) groups excluding carboxylic acids is 2. The Bertz CT molecular complexity index is 1210. The molecule has 0 aliphatic carbocycles. The van der Waals surface area contributed by atoms with Crippen molar-refractivity contribution in [2.75, 3.05) is 38.8 Å². The van der Waals surface area contributed by atoms with Crippen molar-refractivity contribution in [1.29, 1.82) is 0 Å². The number of anilines is 2. The number of amides is 2. The summed E-state index contributed by atoms with van der Waals surface area (Å²) in [6.07, 6.45) is 0. The Balaban J connectivity index is 1.81. The van der Waals surface area contributed by atoms with Crippen molar-refractivity contribution < 1.29 is 9.59 Å². The molecule has 6 nitrogen and oxygen atoms in total. The van der Waals surface area contributed by atoms with Gasteiger partial charge in [0.1, 0.15) is 0 Å². The van der Waals surface area contributed by atoms with Crippen molar-refractivity contribution in [2.24, 2.45) is 0 Å². The van der Waals surface area contributed by atoms with E-state index in [1.54, 1.807) is 32.3 Å². The molecule has 0 fully saturated rings. The molecule has 2 N–H and O–H groups in total. The van der Waals surface area contributed by atoms with Gasteiger partial charge in [0.2, 0.25) is 0 Å². The number of hydrogen-bond acceptors (Lipinski definition) is 4. The molecule has 6 heteroatoms. The third-order valence-electron chi connectivity index (χ3n) is 5.45. The summed E-state index contributed by atoms with van der Waals surface area (Å²) < 4.78 is 0.